The van der Waals surface area contributed by atoms with Gasteiger partial charge in [0, 0.05) is 12.1 Å². The third kappa shape index (κ3) is 1.97. The van der Waals surface area contributed by atoms with Gasteiger partial charge in [0.15, 0.2) is 0 Å². The molecule has 1 aliphatic heterocycles. The minimum Gasteiger partial charge on any atom is -0.508 e. The fourth-order valence-electron chi connectivity index (χ4n) is 2.25. The monoisotopic (exact) mass is 245 g/mol. The van der Waals surface area contributed by atoms with Crippen LogP contribution in [-0.2, 0) is 0 Å². The van der Waals surface area contributed by atoms with Crippen molar-refractivity contribution in [1.82, 2.24) is 15.5 Å². The molecule has 0 saturated carbocycles. The molecule has 1 aromatic carbocycles. The van der Waals surface area contributed by atoms with E-state index in [0.29, 0.717) is 23.6 Å². The highest BCUT2D eigenvalue weighted by Gasteiger charge is 2.29. The summed E-state index contributed by atoms with van der Waals surface area (Å²) in [5.41, 5.74) is 0.849. The highest BCUT2D eigenvalue weighted by atomic mass is 16.5. The molecule has 2 aromatic rings. The van der Waals surface area contributed by atoms with Crippen LogP contribution in [0.15, 0.2) is 28.8 Å². The lowest BCUT2D eigenvalue weighted by molar-refractivity contribution is 0.340. The van der Waals surface area contributed by atoms with Crippen LogP contribution in [0.5, 0.6) is 5.75 Å². The van der Waals surface area contributed by atoms with E-state index in [4.69, 9.17) is 4.52 Å². The number of hydrogen-bond donors (Lipinski definition) is 2. The fraction of sp³-hybridized carbons (Fsp3) is 0.385. The maximum atomic E-state index is 9.24. The lowest BCUT2D eigenvalue weighted by atomic mass is 9.98. The molecule has 1 aromatic heterocycles. The summed E-state index contributed by atoms with van der Waals surface area (Å²) in [6.07, 6.45) is 0. The van der Waals surface area contributed by atoms with Gasteiger partial charge in [-0.1, -0.05) is 12.1 Å². The first-order valence-corrected chi connectivity index (χ1v) is 6.08. The second kappa shape index (κ2) is 4.42. The van der Waals surface area contributed by atoms with Gasteiger partial charge in [0.1, 0.15) is 5.75 Å². The number of rotatable bonds is 2. The Morgan fingerprint density at radius 2 is 2.06 bits per heavy atom. The van der Waals surface area contributed by atoms with Crippen LogP contribution >= 0.6 is 0 Å². The number of phenols is 1. The van der Waals surface area contributed by atoms with E-state index >= 15 is 0 Å². The Balaban J connectivity index is 1.87. The van der Waals surface area contributed by atoms with E-state index in [2.05, 4.69) is 22.4 Å². The molecule has 18 heavy (non-hydrogen) atoms. The summed E-state index contributed by atoms with van der Waals surface area (Å²) < 4.78 is 5.34. The number of nitrogens with one attached hydrogen (secondary N) is 1. The van der Waals surface area contributed by atoms with Gasteiger partial charge in [-0.2, -0.15) is 4.98 Å². The minimum absolute atomic E-state index is 0.232. The molecule has 0 radical (unpaired) electrons. The van der Waals surface area contributed by atoms with Crippen LogP contribution < -0.4 is 5.32 Å². The molecule has 1 fully saturated rings. The van der Waals surface area contributed by atoms with Crippen LogP contribution in [0.1, 0.15) is 18.7 Å². The largest absolute Gasteiger partial charge is 0.508 e. The molecular formula is C13H15N3O2. The van der Waals surface area contributed by atoms with Crippen LogP contribution in [0, 0.1) is 5.92 Å². The zero-order valence-corrected chi connectivity index (χ0v) is 10.1. The Kier molecular flexibility index (Phi) is 2.76. The quantitative estimate of drug-likeness (QED) is 0.843. The van der Waals surface area contributed by atoms with E-state index in [1.807, 2.05) is 0 Å². The lowest BCUT2D eigenvalue weighted by Gasteiger charge is -2.07. The van der Waals surface area contributed by atoms with Gasteiger partial charge in [-0.05, 0) is 36.7 Å². The molecular weight excluding hydrogens is 230 g/mol. The summed E-state index contributed by atoms with van der Waals surface area (Å²) in [4.78, 5) is 4.44. The maximum absolute atomic E-state index is 9.24. The Morgan fingerprint density at radius 1 is 1.28 bits per heavy atom. The van der Waals surface area contributed by atoms with Gasteiger partial charge in [0.25, 0.3) is 0 Å². The molecule has 0 aliphatic carbocycles. The van der Waals surface area contributed by atoms with Crippen LogP contribution in [-0.4, -0.2) is 28.3 Å². The van der Waals surface area contributed by atoms with Crippen LogP contribution in [0.25, 0.3) is 11.4 Å². The molecule has 2 unspecified atom stereocenters. The first-order chi connectivity index (χ1) is 8.74. The van der Waals surface area contributed by atoms with Crippen molar-refractivity contribution >= 4 is 0 Å². The smallest absolute Gasteiger partial charge is 0.231 e. The zero-order chi connectivity index (χ0) is 12.5. The van der Waals surface area contributed by atoms with Crippen molar-refractivity contribution in [2.75, 3.05) is 13.1 Å². The van der Waals surface area contributed by atoms with Crippen LogP contribution in [0.3, 0.4) is 0 Å². The first-order valence-electron chi connectivity index (χ1n) is 6.08. The highest BCUT2D eigenvalue weighted by molar-refractivity contribution is 5.55. The van der Waals surface area contributed by atoms with Gasteiger partial charge < -0.3 is 14.9 Å². The van der Waals surface area contributed by atoms with E-state index in [9.17, 15) is 5.11 Å². The summed E-state index contributed by atoms with van der Waals surface area (Å²) in [6, 6.07) is 6.79. The van der Waals surface area contributed by atoms with Crippen molar-refractivity contribution in [2.45, 2.75) is 12.8 Å². The Labute approximate surface area is 105 Å². The highest BCUT2D eigenvalue weighted by Crippen LogP contribution is 2.28. The number of nitrogens with zero attached hydrogens (tertiary/aromatic N) is 2. The molecule has 2 N–H and O–H groups in total. The van der Waals surface area contributed by atoms with Crippen molar-refractivity contribution in [3.05, 3.63) is 30.2 Å². The van der Waals surface area contributed by atoms with Crippen molar-refractivity contribution < 1.29 is 9.63 Å². The summed E-state index contributed by atoms with van der Waals surface area (Å²) >= 11 is 0. The van der Waals surface area contributed by atoms with Crippen LogP contribution in [0.2, 0.25) is 0 Å². The molecule has 0 amide bonds. The number of aromatic nitrogens is 2. The Hall–Kier alpha value is -1.88. The average molecular weight is 245 g/mol. The standard InChI is InChI=1S/C13H15N3O2/c1-8-6-14-7-11(8)13-15-12(16-18-13)9-2-4-10(17)5-3-9/h2-5,8,11,14,17H,6-7H2,1H3. The third-order valence-corrected chi connectivity index (χ3v) is 3.40. The summed E-state index contributed by atoms with van der Waals surface area (Å²) in [6.45, 7) is 4.05. The topological polar surface area (TPSA) is 71.2 Å². The van der Waals surface area contributed by atoms with Crippen molar-refractivity contribution in [2.24, 2.45) is 5.92 Å². The predicted octanol–water partition coefficient (Wildman–Crippen LogP) is 1.77. The Bertz CT molecular complexity index is 535. The molecule has 5 nitrogen and oxygen atoms in total. The van der Waals surface area contributed by atoms with Gasteiger partial charge >= 0.3 is 0 Å². The predicted molar refractivity (Wildman–Crippen MR) is 66.2 cm³/mol. The molecule has 5 heteroatoms. The minimum atomic E-state index is 0.232. The summed E-state index contributed by atoms with van der Waals surface area (Å²) in [5, 5.41) is 16.6. The number of hydrogen-bond acceptors (Lipinski definition) is 5. The van der Waals surface area contributed by atoms with Gasteiger partial charge in [0.05, 0.1) is 5.92 Å². The van der Waals surface area contributed by atoms with Crippen molar-refractivity contribution in [1.29, 1.82) is 0 Å². The first kappa shape index (κ1) is 11.2. The van der Waals surface area contributed by atoms with Crippen LogP contribution in [0.4, 0.5) is 0 Å². The molecule has 0 bridgehead atoms. The number of phenolic OH excluding ortho intramolecular Hbond substituents is 1. The van der Waals surface area contributed by atoms with Crippen molar-refractivity contribution in [3.63, 3.8) is 0 Å². The molecule has 94 valence electrons. The van der Waals surface area contributed by atoms with Gasteiger partial charge in [-0.3, -0.25) is 0 Å². The second-order valence-corrected chi connectivity index (χ2v) is 4.75. The van der Waals surface area contributed by atoms with E-state index < -0.39 is 0 Å². The normalized spacial score (nSPS) is 23.4. The number of aromatic hydroxyl groups is 1. The van der Waals surface area contributed by atoms with Crippen molar-refractivity contribution in [3.8, 4) is 17.1 Å². The molecule has 3 rings (SSSR count). The van der Waals surface area contributed by atoms with Gasteiger partial charge in [0.2, 0.25) is 11.7 Å². The SMILES string of the molecule is CC1CNCC1c1nc(-c2ccc(O)cc2)no1. The number of benzene rings is 1. The molecule has 1 saturated heterocycles. The molecule has 2 heterocycles. The average Bonchev–Trinajstić information content (AvgIpc) is 2.98. The summed E-state index contributed by atoms with van der Waals surface area (Å²) in [5.74, 6) is 2.30. The molecule has 2 atom stereocenters. The fourth-order valence-corrected chi connectivity index (χ4v) is 2.25. The third-order valence-electron chi connectivity index (χ3n) is 3.40. The second-order valence-electron chi connectivity index (χ2n) is 4.75. The van der Waals surface area contributed by atoms with E-state index in [1.54, 1.807) is 24.3 Å². The zero-order valence-electron chi connectivity index (χ0n) is 10.1. The maximum Gasteiger partial charge on any atom is 0.231 e. The molecule has 0 spiro atoms. The molecule has 1 aliphatic rings. The Morgan fingerprint density at radius 3 is 2.72 bits per heavy atom. The van der Waals surface area contributed by atoms with Gasteiger partial charge in [-0.15, -0.1) is 0 Å². The van der Waals surface area contributed by atoms with Gasteiger partial charge in [-0.25, -0.2) is 0 Å². The lowest BCUT2D eigenvalue weighted by Crippen LogP contribution is -2.08. The van der Waals surface area contributed by atoms with E-state index in [-0.39, 0.29) is 5.75 Å². The van der Waals surface area contributed by atoms with E-state index in [0.717, 1.165) is 18.7 Å². The van der Waals surface area contributed by atoms with E-state index in [1.165, 1.54) is 0 Å². The summed E-state index contributed by atoms with van der Waals surface area (Å²) in [7, 11) is 0.